The number of carboxylic acids is 1. The average Bonchev–Trinajstić information content (AvgIpc) is 2.57. The summed E-state index contributed by atoms with van der Waals surface area (Å²) >= 11 is 0. The van der Waals surface area contributed by atoms with Crippen LogP contribution in [-0.4, -0.2) is 29.1 Å². The van der Waals surface area contributed by atoms with Gasteiger partial charge >= 0.3 is 11.6 Å². The Morgan fingerprint density at radius 2 is 2.04 bits per heavy atom. The summed E-state index contributed by atoms with van der Waals surface area (Å²) in [4.78, 5) is 34.9. The molecule has 7 heteroatoms. The maximum atomic E-state index is 12.2. The van der Waals surface area contributed by atoms with Crippen LogP contribution in [0.3, 0.4) is 0 Å². The third kappa shape index (κ3) is 4.84. The Bertz CT molecular complexity index is 857. The van der Waals surface area contributed by atoms with Crippen LogP contribution in [0.4, 0.5) is 0 Å². The molecule has 2 N–H and O–H groups in total. The predicted octanol–water partition coefficient (Wildman–Crippen LogP) is 2.63. The molecule has 1 amide bonds. The van der Waals surface area contributed by atoms with Crippen LogP contribution in [0.5, 0.6) is 5.75 Å². The molecular weight excluding hydrogens is 338 g/mol. The summed E-state index contributed by atoms with van der Waals surface area (Å²) in [5.74, 6) is -1.23. The van der Waals surface area contributed by atoms with Gasteiger partial charge in [0.25, 0.3) is 5.91 Å². The first-order valence-electron chi connectivity index (χ1n) is 8.56. The van der Waals surface area contributed by atoms with Crippen molar-refractivity contribution in [1.29, 1.82) is 0 Å². The molecule has 26 heavy (non-hydrogen) atoms. The van der Waals surface area contributed by atoms with Crippen LogP contribution in [0, 0.1) is 6.92 Å². The Kier molecular flexibility index (Phi) is 6.38. The Morgan fingerprint density at radius 3 is 2.69 bits per heavy atom. The van der Waals surface area contributed by atoms with Crippen molar-refractivity contribution in [2.75, 3.05) is 0 Å². The van der Waals surface area contributed by atoms with Crippen LogP contribution >= 0.6 is 0 Å². The molecule has 0 fully saturated rings. The molecule has 0 radical (unpaired) electrons. The average molecular weight is 361 g/mol. The summed E-state index contributed by atoms with van der Waals surface area (Å²) in [7, 11) is 0. The third-order valence-corrected chi connectivity index (χ3v) is 4.07. The Labute approximate surface area is 151 Å². The number of unbranched alkanes of at least 4 members (excludes halogenated alkanes) is 1. The number of carbonyl (C=O) groups is 2. The lowest BCUT2D eigenvalue weighted by molar-refractivity contribution is -0.143. The molecule has 0 bridgehead atoms. The summed E-state index contributed by atoms with van der Waals surface area (Å²) in [6.07, 6.45) is 1.01. The van der Waals surface area contributed by atoms with E-state index in [1.807, 2.05) is 6.92 Å². The molecule has 0 saturated heterocycles. The first-order chi connectivity index (χ1) is 12.3. The Morgan fingerprint density at radius 1 is 1.31 bits per heavy atom. The van der Waals surface area contributed by atoms with Crippen molar-refractivity contribution >= 4 is 22.8 Å². The summed E-state index contributed by atoms with van der Waals surface area (Å²) < 4.78 is 10.7. The quantitative estimate of drug-likeness (QED) is 0.700. The van der Waals surface area contributed by atoms with Crippen molar-refractivity contribution in [2.45, 2.75) is 52.2 Å². The minimum absolute atomic E-state index is 0.356. The van der Waals surface area contributed by atoms with Gasteiger partial charge in [-0.2, -0.15) is 0 Å². The van der Waals surface area contributed by atoms with Crippen molar-refractivity contribution in [3.63, 3.8) is 0 Å². The molecule has 7 nitrogen and oxygen atoms in total. The van der Waals surface area contributed by atoms with Crippen LogP contribution < -0.4 is 15.7 Å². The number of carboxylic acid groups (broad SMARTS) is 1. The molecule has 2 unspecified atom stereocenters. The highest BCUT2D eigenvalue weighted by Crippen LogP contribution is 2.23. The lowest BCUT2D eigenvalue weighted by atomic mass is 10.1. The second kappa shape index (κ2) is 8.51. The van der Waals surface area contributed by atoms with E-state index in [1.165, 1.54) is 13.0 Å². The van der Waals surface area contributed by atoms with Gasteiger partial charge in [0.1, 0.15) is 17.4 Å². The number of hydrogen-bond donors (Lipinski definition) is 2. The number of aryl methyl sites for hydroxylation is 1. The molecule has 0 aliphatic carbocycles. The first kappa shape index (κ1) is 19.5. The molecule has 0 aliphatic heterocycles. The van der Waals surface area contributed by atoms with E-state index < -0.39 is 29.6 Å². The van der Waals surface area contributed by atoms with Crippen LogP contribution in [0.1, 0.15) is 38.7 Å². The summed E-state index contributed by atoms with van der Waals surface area (Å²) in [6, 6.07) is 5.42. The number of nitrogens with one attached hydrogen (secondary N) is 1. The van der Waals surface area contributed by atoms with E-state index in [-0.39, 0.29) is 0 Å². The fourth-order valence-electron chi connectivity index (χ4n) is 2.59. The van der Waals surface area contributed by atoms with Crippen molar-refractivity contribution in [3.05, 3.63) is 40.2 Å². The van der Waals surface area contributed by atoms with Crippen LogP contribution in [-0.2, 0) is 9.59 Å². The second-order valence-corrected chi connectivity index (χ2v) is 6.21. The number of carbonyl (C=O) groups excluding carboxylic acids is 1. The van der Waals surface area contributed by atoms with Gasteiger partial charge in [-0.15, -0.1) is 0 Å². The maximum Gasteiger partial charge on any atom is 0.336 e. The number of amides is 1. The lowest BCUT2D eigenvalue weighted by Crippen LogP contribution is -2.46. The van der Waals surface area contributed by atoms with Gasteiger partial charge in [0.05, 0.1) is 0 Å². The number of benzene rings is 1. The standard InChI is InChI=1S/C19H23NO6/c1-4-5-6-15(19(23)24)20-18(22)12(3)25-13-7-8-14-11(2)9-17(21)26-16(14)10-13/h7-10,12,15H,4-6H2,1-3H3,(H,20,22)(H,23,24). The molecular formula is C19H23NO6. The van der Waals surface area contributed by atoms with Crippen molar-refractivity contribution in [2.24, 2.45) is 0 Å². The molecule has 1 aromatic carbocycles. The van der Waals surface area contributed by atoms with Gasteiger partial charge in [-0.1, -0.05) is 19.8 Å². The zero-order valence-corrected chi connectivity index (χ0v) is 15.1. The summed E-state index contributed by atoms with van der Waals surface area (Å²) in [6.45, 7) is 5.29. The SMILES string of the molecule is CCCCC(NC(=O)C(C)Oc1ccc2c(C)cc(=O)oc2c1)C(=O)O. The van der Waals surface area contributed by atoms with E-state index in [2.05, 4.69) is 5.32 Å². The van der Waals surface area contributed by atoms with Crippen molar-refractivity contribution in [1.82, 2.24) is 5.32 Å². The zero-order chi connectivity index (χ0) is 19.3. The van der Waals surface area contributed by atoms with E-state index in [0.29, 0.717) is 24.2 Å². The van der Waals surface area contributed by atoms with Gasteiger partial charge in [-0.05, 0) is 38.0 Å². The van der Waals surface area contributed by atoms with E-state index in [1.54, 1.807) is 25.1 Å². The Hall–Kier alpha value is -2.83. The fourth-order valence-corrected chi connectivity index (χ4v) is 2.59. The fraction of sp³-hybridized carbons (Fsp3) is 0.421. The minimum Gasteiger partial charge on any atom is -0.481 e. The summed E-state index contributed by atoms with van der Waals surface area (Å²) in [5.41, 5.74) is 0.693. The number of hydrogen-bond acceptors (Lipinski definition) is 5. The topological polar surface area (TPSA) is 106 Å². The smallest absolute Gasteiger partial charge is 0.336 e. The van der Waals surface area contributed by atoms with E-state index in [9.17, 15) is 19.5 Å². The maximum absolute atomic E-state index is 12.2. The van der Waals surface area contributed by atoms with Gasteiger partial charge in [0, 0.05) is 17.5 Å². The molecule has 1 heterocycles. The monoisotopic (exact) mass is 361 g/mol. The molecule has 2 aromatic rings. The first-order valence-corrected chi connectivity index (χ1v) is 8.56. The molecule has 0 spiro atoms. The number of fused-ring (bicyclic) bond motifs is 1. The molecule has 2 atom stereocenters. The Balaban J connectivity index is 2.09. The lowest BCUT2D eigenvalue weighted by Gasteiger charge is -2.19. The molecule has 140 valence electrons. The molecule has 0 aliphatic rings. The van der Waals surface area contributed by atoms with Gasteiger partial charge in [0.2, 0.25) is 0 Å². The second-order valence-electron chi connectivity index (χ2n) is 6.21. The van der Waals surface area contributed by atoms with E-state index >= 15 is 0 Å². The highest BCUT2D eigenvalue weighted by Gasteiger charge is 2.23. The normalized spacial score (nSPS) is 13.2. The van der Waals surface area contributed by atoms with Crippen LogP contribution in [0.2, 0.25) is 0 Å². The van der Waals surface area contributed by atoms with Crippen molar-refractivity contribution < 1.29 is 23.8 Å². The van der Waals surface area contributed by atoms with Gasteiger partial charge in [-0.3, -0.25) is 4.79 Å². The van der Waals surface area contributed by atoms with Gasteiger partial charge in [-0.25, -0.2) is 9.59 Å². The zero-order valence-electron chi connectivity index (χ0n) is 15.1. The number of aliphatic carboxylic acids is 1. The van der Waals surface area contributed by atoms with Gasteiger partial charge < -0.3 is 19.6 Å². The third-order valence-electron chi connectivity index (χ3n) is 4.07. The van der Waals surface area contributed by atoms with Crippen LogP contribution in [0.25, 0.3) is 11.0 Å². The largest absolute Gasteiger partial charge is 0.481 e. The highest BCUT2D eigenvalue weighted by molar-refractivity contribution is 5.86. The van der Waals surface area contributed by atoms with Crippen molar-refractivity contribution in [3.8, 4) is 5.75 Å². The van der Waals surface area contributed by atoms with Gasteiger partial charge in [0.15, 0.2) is 6.10 Å². The van der Waals surface area contributed by atoms with E-state index in [4.69, 9.17) is 9.15 Å². The predicted molar refractivity (Wildman–Crippen MR) is 96.4 cm³/mol. The summed E-state index contributed by atoms with van der Waals surface area (Å²) in [5, 5.41) is 12.5. The molecule has 1 aromatic heterocycles. The van der Waals surface area contributed by atoms with E-state index in [0.717, 1.165) is 17.4 Å². The molecule has 0 saturated carbocycles. The van der Waals surface area contributed by atoms with Crippen LogP contribution in [0.15, 0.2) is 33.5 Å². The highest BCUT2D eigenvalue weighted by atomic mass is 16.5. The number of rotatable bonds is 8. The minimum atomic E-state index is -1.07. The molecule has 2 rings (SSSR count). The number of ether oxygens (including phenoxy) is 1.